The normalized spacial score (nSPS) is 12.6. The van der Waals surface area contributed by atoms with Crippen molar-refractivity contribution in [1.82, 2.24) is 0 Å². The monoisotopic (exact) mass is 772 g/mol. The van der Waals surface area contributed by atoms with Gasteiger partial charge < -0.3 is 4.74 Å². The third-order valence-corrected chi connectivity index (χ3v) is 15.6. The molecule has 282 valence electrons. The highest BCUT2D eigenvalue weighted by Gasteiger charge is 2.38. The van der Waals surface area contributed by atoms with Crippen LogP contribution in [0.2, 0.25) is 13.1 Å². The van der Waals surface area contributed by atoms with Gasteiger partial charge >= 0.3 is 0 Å². The van der Waals surface area contributed by atoms with Crippen LogP contribution in [0.1, 0.15) is 5.56 Å². The van der Waals surface area contributed by atoms with Crippen molar-refractivity contribution < 1.29 is 4.74 Å². The van der Waals surface area contributed by atoms with Gasteiger partial charge in [-0.05, 0) is 101 Å². The maximum Gasteiger partial charge on any atom is 0.135 e. The molecule has 1 aliphatic rings. The third kappa shape index (κ3) is 6.34. The van der Waals surface area contributed by atoms with Crippen molar-refractivity contribution in [2.45, 2.75) is 20.0 Å². The van der Waals surface area contributed by atoms with E-state index in [-0.39, 0.29) is 0 Å². The Kier molecular flexibility index (Phi) is 9.28. The SMILES string of the molecule is Cc1ccc2c(c1-c1ccc(-c3c(-c4ccccc4)c(-c4ccccc4)c(-c4ccccc4)c(-c4ccccc4)c3-c3ccccc3)cc1)Oc1ccccc1[Si]2(C)C. The molecule has 0 atom stereocenters. The summed E-state index contributed by atoms with van der Waals surface area (Å²) >= 11 is 0. The van der Waals surface area contributed by atoms with Crippen LogP contribution in [-0.4, -0.2) is 8.07 Å². The average Bonchev–Trinajstić information content (AvgIpc) is 3.29. The molecule has 0 spiro atoms. The molecule has 0 aromatic heterocycles. The van der Waals surface area contributed by atoms with Crippen LogP contribution < -0.4 is 15.1 Å². The van der Waals surface area contributed by atoms with Crippen LogP contribution in [0.3, 0.4) is 0 Å². The zero-order chi connectivity index (χ0) is 39.9. The second-order valence-electron chi connectivity index (χ2n) is 16.0. The lowest BCUT2D eigenvalue weighted by atomic mass is 9.74. The Morgan fingerprint density at radius 2 is 0.593 bits per heavy atom. The second-order valence-corrected chi connectivity index (χ2v) is 20.3. The lowest BCUT2D eigenvalue weighted by molar-refractivity contribution is 0.488. The highest BCUT2D eigenvalue weighted by Crippen LogP contribution is 2.56. The predicted molar refractivity (Wildman–Crippen MR) is 252 cm³/mol. The van der Waals surface area contributed by atoms with Crippen LogP contribution in [0.15, 0.2) is 212 Å². The van der Waals surface area contributed by atoms with E-state index in [9.17, 15) is 0 Å². The van der Waals surface area contributed by atoms with Crippen LogP contribution in [0.25, 0.3) is 77.9 Å². The first-order valence-electron chi connectivity index (χ1n) is 20.5. The van der Waals surface area contributed by atoms with Crippen LogP contribution in [0.5, 0.6) is 11.5 Å². The highest BCUT2D eigenvalue weighted by atomic mass is 28.3. The second kappa shape index (κ2) is 15.1. The van der Waals surface area contributed by atoms with Gasteiger partial charge in [-0.2, -0.15) is 0 Å². The molecule has 0 N–H and O–H groups in total. The number of fused-ring (bicyclic) bond motifs is 2. The lowest BCUT2D eigenvalue weighted by Gasteiger charge is -2.34. The van der Waals surface area contributed by atoms with Crippen molar-refractivity contribution in [3.8, 4) is 89.4 Å². The fourth-order valence-electron chi connectivity index (χ4n) is 9.27. The first-order chi connectivity index (χ1) is 29.0. The largest absolute Gasteiger partial charge is 0.457 e. The van der Waals surface area contributed by atoms with Gasteiger partial charge in [0.15, 0.2) is 0 Å². The fraction of sp³-hybridized carbons (Fsp3) is 0.0526. The van der Waals surface area contributed by atoms with E-state index in [1.807, 2.05) is 0 Å². The summed E-state index contributed by atoms with van der Waals surface area (Å²) in [6, 6.07) is 77.4. The van der Waals surface area contributed by atoms with Gasteiger partial charge in [-0.15, -0.1) is 0 Å². The van der Waals surface area contributed by atoms with Crippen LogP contribution in [0.4, 0.5) is 0 Å². The molecule has 1 heterocycles. The van der Waals surface area contributed by atoms with Gasteiger partial charge in [0, 0.05) is 5.56 Å². The van der Waals surface area contributed by atoms with E-state index in [2.05, 4.69) is 232 Å². The van der Waals surface area contributed by atoms with Gasteiger partial charge in [-0.1, -0.05) is 219 Å². The maximum absolute atomic E-state index is 6.87. The number of aryl methyl sites for hydroxylation is 1. The van der Waals surface area contributed by atoms with E-state index in [4.69, 9.17) is 4.74 Å². The summed E-state index contributed by atoms with van der Waals surface area (Å²) in [5.41, 5.74) is 17.8. The van der Waals surface area contributed by atoms with E-state index in [0.717, 1.165) is 22.6 Å². The Hall–Kier alpha value is -7.00. The van der Waals surface area contributed by atoms with Crippen molar-refractivity contribution in [2.24, 2.45) is 0 Å². The lowest BCUT2D eigenvalue weighted by Crippen LogP contribution is -2.56. The number of hydrogen-bond donors (Lipinski definition) is 0. The summed E-state index contributed by atoms with van der Waals surface area (Å²) in [5, 5.41) is 2.69. The topological polar surface area (TPSA) is 9.23 Å². The molecule has 59 heavy (non-hydrogen) atoms. The minimum absolute atomic E-state index is 0.987. The molecular weight excluding hydrogens is 729 g/mol. The van der Waals surface area contributed by atoms with Gasteiger partial charge in [-0.3, -0.25) is 0 Å². The summed E-state index contributed by atoms with van der Waals surface area (Å²) in [6.07, 6.45) is 0. The highest BCUT2D eigenvalue weighted by molar-refractivity contribution is 7.01. The van der Waals surface area contributed by atoms with Crippen molar-refractivity contribution in [1.29, 1.82) is 0 Å². The van der Waals surface area contributed by atoms with E-state index >= 15 is 0 Å². The van der Waals surface area contributed by atoms with Crippen LogP contribution in [-0.2, 0) is 0 Å². The zero-order valence-electron chi connectivity index (χ0n) is 33.6. The molecule has 0 amide bonds. The molecule has 0 saturated carbocycles. The first kappa shape index (κ1) is 36.3. The molecule has 1 aliphatic heterocycles. The van der Waals surface area contributed by atoms with Crippen molar-refractivity contribution in [2.75, 3.05) is 0 Å². The van der Waals surface area contributed by atoms with E-state index < -0.39 is 8.07 Å². The Balaban J connectivity index is 1.32. The van der Waals surface area contributed by atoms with Gasteiger partial charge in [0.25, 0.3) is 0 Å². The molecule has 0 unspecified atom stereocenters. The molecule has 10 rings (SSSR count). The first-order valence-corrected chi connectivity index (χ1v) is 23.5. The molecule has 0 bridgehead atoms. The fourth-order valence-corrected chi connectivity index (χ4v) is 12.1. The Morgan fingerprint density at radius 3 is 0.966 bits per heavy atom. The molecule has 0 saturated heterocycles. The number of benzene rings is 9. The Bertz CT molecular complexity index is 2830. The summed E-state index contributed by atoms with van der Waals surface area (Å²) in [5.74, 6) is 1.99. The van der Waals surface area contributed by atoms with Crippen LogP contribution >= 0.6 is 0 Å². The summed E-state index contributed by atoms with van der Waals surface area (Å²) < 4.78 is 6.87. The molecule has 0 radical (unpaired) electrons. The van der Waals surface area contributed by atoms with Crippen molar-refractivity contribution in [3.05, 3.63) is 218 Å². The Labute approximate surface area is 348 Å². The van der Waals surface area contributed by atoms with Gasteiger partial charge in [0.2, 0.25) is 0 Å². The molecule has 0 fully saturated rings. The standard InChI is InChI=1S/C57H44OSi/c1-39-33-38-49-57(58-47-31-19-20-32-48(47)59(49,2)3)50(39)45-34-36-46(37-35-45)56-54(43-27-15-7-16-28-43)52(41-23-11-5-12-24-41)51(40-21-9-4-10-22-40)53(42-25-13-6-14-26-42)55(56)44-29-17-8-18-30-44/h4-38H,1-3H3. The number of rotatable bonds is 7. The minimum Gasteiger partial charge on any atom is -0.457 e. The predicted octanol–water partition coefficient (Wildman–Crippen LogP) is 14.6. The number of ether oxygens (including phenoxy) is 1. The van der Waals surface area contributed by atoms with Gasteiger partial charge in [-0.25, -0.2) is 0 Å². The summed E-state index contributed by atoms with van der Waals surface area (Å²) in [6.45, 7) is 7.10. The molecule has 1 nitrogen and oxygen atoms in total. The number of hydrogen-bond acceptors (Lipinski definition) is 1. The van der Waals surface area contributed by atoms with Gasteiger partial charge in [0.1, 0.15) is 19.6 Å². The molecular formula is C57H44OSi. The third-order valence-electron chi connectivity index (χ3n) is 12.1. The Morgan fingerprint density at radius 1 is 0.288 bits per heavy atom. The van der Waals surface area contributed by atoms with E-state index in [0.29, 0.717) is 0 Å². The van der Waals surface area contributed by atoms with E-state index in [1.165, 1.54) is 82.7 Å². The molecule has 0 aliphatic carbocycles. The van der Waals surface area contributed by atoms with Gasteiger partial charge in [0.05, 0.1) is 0 Å². The molecule has 9 aromatic carbocycles. The number of para-hydroxylation sites is 1. The maximum atomic E-state index is 6.87. The quantitative estimate of drug-likeness (QED) is 0.147. The molecule has 9 aromatic rings. The molecule has 2 heteroatoms. The van der Waals surface area contributed by atoms with Crippen LogP contribution in [0, 0.1) is 6.92 Å². The van der Waals surface area contributed by atoms with E-state index in [1.54, 1.807) is 0 Å². The van der Waals surface area contributed by atoms with Crippen molar-refractivity contribution in [3.63, 3.8) is 0 Å². The average molecular weight is 773 g/mol. The summed E-state index contributed by atoms with van der Waals surface area (Å²) in [4.78, 5) is 0. The summed E-state index contributed by atoms with van der Waals surface area (Å²) in [7, 11) is -2.01. The zero-order valence-corrected chi connectivity index (χ0v) is 34.6. The minimum atomic E-state index is -2.01. The van der Waals surface area contributed by atoms with Crippen molar-refractivity contribution >= 4 is 18.4 Å². The smallest absolute Gasteiger partial charge is 0.135 e.